The number of hydrogen-bond donors (Lipinski definition) is 2. The number of rotatable bonds is 3. The van der Waals surface area contributed by atoms with Crippen LogP contribution < -0.4 is 5.32 Å². The van der Waals surface area contributed by atoms with E-state index in [4.69, 9.17) is 0 Å². The smallest absolute Gasteiger partial charge is 0.317 e. The molecule has 1 aliphatic rings. The van der Waals surface area contributed by atoms with Crippen LogP contribution in [0.3, 0.4) is 0 Å². The third-order valence-electron chi connectivity index (χ3n) is 4.18. The highest BCUT2D eigenvalue weighted by molar-refractivity contribution is 5.85. The standard InChI is InChI=1S/C16H21N3O/c1-3-19(4-2)16(20)17-11-9-13-12-7-5-6-8-14(12)18-15(13)10-11/h5-8,11,18H,3-4,9-10H2,1-2H3,(H,17,20). The van der Waals surface area contributed by atoms with Crippen LogP contribution in [-0.2, 0) is 12.8 Å². The molecule has 1 unspecified atom stereocenters. The normalized spacial score (nSPS) is 17.2. The van der Waals surface area contributed by atoms with Gasteiger partial charge in [-0.25, -0.2) is 4.79 Å². The third-order valence-corrected chi connectivity index (χ3v) is 4.18. The van der Waals surface area contributed by atoms with Crippen molar-refractivity contribution in [3.8, 4) is 0 Å². The van der Waals surface area contributed by atoms with E-state index in [1.807, 2.05) is 24.8 Å². The summed E-state index contributed by atoms with van der Waals surface area (Å²) in [6, 6.07) is 8.64. The summed E-state index contributed by atoms with van der Waals surface area (Å²) in [7, 11) is 0. The Kier molecular flexibility index (Phi) is 3.38. The summed E-state index contributed by atoms with van der Waals surface area (Å²) < 4.78 is 0. The molecule has 4 heteroatoms. The second-order valence-corrected chi connectivity index (χ2v) is 5.35. The molecule has 0 saturated carbocycles. The molecule has 1 aromatic heterocycles. The predicted molar refractivity (Wildman–Crippen MR) is 80.9 cm³/mol. The summed E-state index contributed by atoms with van der Waals surface area (Å²) >= 11 is 0. The lowest BCUT2D eigenvalue weighted by Crippen LogP contribution is -2.45. The third kappa shape index (κ3) is 2.15. The first kappa shape index (κ1) is 13.0. The largest absolute Gasteiger partial charge is 0.358 e. The maximum absolute atomic E-state index is 12.1. The first-order valence-electron chi connectivity index (χ1n) is 7.36. The number of fused-ring (bicyclic) bond motifs is 3. The second-order valence-electron chi connectivity index (χ2n) is 5.35. The molecule has 2 aromatic rings. The van der Waals surface area contributed by atoms with Gasteiger partial charge >= 0.3 is 6.03 Å². The summed E-state index contributed by atoms with van der Waals surface area (Å²) in [4.78, 5) is 17.4. The van der Waals surface area contributed by atoms with Crippen molar-refractivity contribution in [1.29, 1.82) is 0 Å². The first-order chi connectivity index (χ1) is 9.72. The number of nitrogens with one attached hydrogen (secondary N) is 2. The lowest BCUT2D eigenvalue weighted by molar-refractivity contribution is 0.199. The minimum atomic E-state index is 0.0504. The zero-order valence-corrected chi connectivity index (χ0v) is 12.1. The minimum Gasteiger partial charge on any atom is -0.358 e. The number of para-hydroxylation sites is 1. The Morgan fingerprint density at radius 2 is 2.05 bits per heavy atom. The number of carbonyl (C=O) groups is 1. The predicted octanol–water partition coefficient (Wildman–Crippen LogP) is 2.69. The molecule has 4 nitrogen and oxygen atoms in total. The number of aromatic nitrogens is 1. The summed E-state index contributed by atoms with van der Waals surface area (Å²) in [5.74, 6) is 0. The number of aromatic amines is 1. The van der Waals surface area contributed by atoms with E-state index in [-0.39, 0.29) is 12.1 Å². The average molecular weight is 271 g/mol. The van der Waals surface area contributed by atoms with Gasteiger partial charge in [-0.05, 0) is 31.9 Å². The molecule has 2 amide bonds. The lowest BCUT2D eigenvalue weighted by Gasteiger charge is -2.22. The zero-order chi connectivity index (χ0) is 14.1. The quantitative estimate of drug-likeness (QED) is 0.886. The highest BCUT2D eigenvalue weighted by Crippen LogP contribution is 2.29. The molecule has 0 saturated heterocycles. The Labute approximate surface area is 119 Å². The SMILES string of the molecule is CCN(CC)C(=O)NC1Cc2[nH]c3ccccc3c2C1. The van der Waals surface area contributed by atoms with Gasteiger partial charge in [0.1, 0.15) is 0 Å². The molecule has 1 aliphatic carbocycles. The summed E-state index contributed by atoms with van der Waals surface area (Å²) in [6.07, 6.45) is 1.82. The van der Waals surface area contributed by atoms with Crippen LogP contribution >= 0.6 is 0 Å². The van der Waals surface area contributed by atoms with Gasteiger partial charge in [0.05, 0.1) is 0 Å². The maximum Gasteiger partial charge on any atom is 0.317 e. The zero-order valence-electron chi connectivity index (χ0n) is 12.1. The van der Waals surface area contributed by atoms with Gasteiger partial charge in [0.25, 0.3) is 0 Å². The van der Waals surface area contributed by atoms with Crippen molar-refractivity contribution >= 4 is 16.9 Å². The molecular formula is C16H21N3O. The van der Waals surface area contributed by atoms with E-state index in [9.17, 15) is 4.79 Å². The Hall–Kier alpha value is -1.97. The van der Waals surface area contributed by atoms with Crippen LogP contribution in [0.1, 0.15) is 25.1 Å². The van der Waals surface area contributed by atoms with Crippen molar-refractivity contribution < 1.29 is 4.79 Å². The van der Waals surface area contributed by atoms with E-state index in [1.54, 1.807) is 0 Å². The lowest BCUT2D eigenvalue weighted by atomic mass is 10.1. The highest BCUT2D eigenvalue weighted by atomic mass is 16.2. The molecule has 2 N–H and O–H groups in total. The van der Waals surface area contributed by atoms with Crippen LogP contribution in [0.5, 0.6) is 0 Å². The van der Waals surface area contributed by atoms with Crippen molar-refractivity contribution in [2.75, 3.05) is 13.1 Å². The monoisotopic (exact) mass is 271 g/mol. The fraction of sp³-hybridized carbons (Fsp3) is 0.438. The molecule has 0 bridgehead atoms. The molecule has 0 aliphatic heterocycles. The van der Waals surface area contributed by atoms with Gasteiger partial charge in [0.2, 0.25) is 0 Å². The fourth-order valence-electron chi connectivity index (χ4n) is 3.11. The minimum absolute atomic E-state index is 0.0504. The first-order valence-corrected chi connectivity index (χ1v) is 7.36. The van der Waals surface area contributed by atoms with Crippen LogP contribution in [0.25, 0.3) is 10.9 Å². The van der Waals surface area contributed by atoms with Crippen LogP contribution in [0, 0.1) is 0 Å². The molecule has 3 rings (SSSR count). The van der Waals surface area contributed by atoms with Crippen molar-refractivity contribution in [1.82, 2.24) is 15.2 Å². The van der Waals surface area contributed by atoms with Gasteiger partial charge in [-0.3, -0.25) is 0 Å². The number of amides is 2. The number of nitrogens with zero attached hydrogens (tertiary/aromatic N) is 1. The molecule has 0 spiro atoms. The van der Waals surface area contributed by atoms with Crippen molar-refractivity contribution in [3.05, 3.63) is 35.5 Å². The summed E-state index contributed by atoms with van der Waals surface area (Å²) in [5.41, 5.74) is 3.84. The Morgan fingerprint density at radius 1 is 1.30 bits per heavy atom. The summed E-state index contributed by atoms with van der Waals surface area (Å²) in [5, 5.41) is 4.44. The van der Waals surface area contributed by atoms with Crippen molar-refractivity contribution in [2.24, 2.45) is 0 Å². The number of hydrogen-bond acceptors (Lipinski definition) is 1. The Morgan fingerprint density at radius 3 is 2.80 bits per heavy atom. The number of H-pyrrole nitrogens is 1. The van der Waals surface area contributed by atoms with Gasteiger partial charge in [-0.1, -0.05) is 18.2 Å². The van der Waals surface area contributed by atoms with E-state index in [1.165, 1.54) is 22.2 Å². The van der Waals surface area contributed by atoms with Crippen molar-refractivity contribution in [3.63, 3.8) is 0 Å². The van der Waals surface area contributed by atoms with E-state index in [0.717, 1.165) is 25.9 Å². The molecule has 1 heterocycles. The Bertz CT molecular complexity index is 628. The molecule has 1 atom stereocenters. The molecule has 20 heavy (non-hydrogen) atoms. The fourth-order valence-corrected chi connectivity index (χ4v) is 3.11. The molecule has 106 valence electrons. The second kappa shape index (κ2) is 5.19. The number of benzene rings is 1. The average Bonchev–Trinajstić information content (AvgIpc) is 2.97. The van der Waals surface area contributed by atoms with Gasteiger partial charge in [0, 0.05) is 42.1 Å². The van der Waals surface area contributed by atoms with Gasteiger partial charge in [-0.2, -0.15) is 0 Å². The van der Waals surface area contributed by atoms with Crippen LogP contribution in [0.15, 0.2) is 24.3 Å². The van der Waals surface area contributed by atoms with Crippen LogP contribution in [0.2, 0.25) is 0 Å². The number of urea groups is 1. The van der Waals surface area contributed by atoms with Gasteiger partial charge < -0.3 is 15.2 Å². The van der Waals surface area contributed by atoms with Crippen LogP contribution in [0.4, 0.5) is 4.79 Å². The van der Waals surface area contributed by atoms with E-state index < -0.39 is 0 Å². The molecule has 0 fully saturated rings. The molecule has 1 aromatic carbocycles. The van der Waals surface area contributed by atoms with E-state index >= 15 is 0 Å². The molecular weight excluding hydrogens is 250 g/mol. The van der Waals surface area contributed by atoms with Crippen molar-refractivity contribution in [2.45, 2.75) is 32.7 Å². The van der Waals surface area contributed by atoms with Gasteiger partial charge in [-0.15, -0.1) is 0 Å². The number of carbonyl (C=O) groups excluding carboxylic acids is 1. The van der Waals surface area contributed by atoms with E-state index in [2.05, 4.69) is 28.5 Å². The van der Waals surface area contributed by atoms with Gasteiger partial charge in [0.15, 0.2) is 0 Å². The maximum atomic E-state index is 12.1. The summed E-state index contributed by atoms with van der Waals surface area (Å²) in [6.45, 7) is 5.52. The topological polar surface area (TPSA) is 48.1 Å². The Balaban J connectivity index is 1.73. The molecule has 0 radical (unpaired) electrons. The van der Waals surface area contributed by atoms with E-state index in [0.29, 0.717) is 0 Å². The van der Waals surface area contributed by atoms with Crippen LogP contribution in [-0.4, -0.2) is 35.0 Å². The highest BCUT2D eigenvalue weighted by Gasteiger charge is 2.27.